The number of carbonyl (C=O) groups is 1. The fraction of sp³-hybridized carbons (Fsp3) is 0.348. The molecule has 0 saturated heterocycles. The molecule has 156 valence electrons. The molecule has 7 heteroatoms. The molecule has 3 heterocycles. The van der Waals surface area contributed by atoms with Crippen LogP contribution in [0.15, 0.2) is 46.5 Å². The highest BCUT2D eigenvalue weighted by Crippen LogP contribution is 2.49. The van der Waals surface area contributed by atoms with Crippen LogP contribution in [0.5, 0.6) is 0 Å². The second-order valence-electron chi connectivity index (χ2n) is 8.09. The van der Waals surface area contributed by atoms with Gasteiger partial charge in [-0.05, 0) is 42.8 Å². The van der Waals surface area contributed by atoms with Gasteiger partial charge in [-0.25, -0.2) is 0 Å². The summed E-state index contributed by atoms with van der Waals surface area (Å²) in [7, 11) is 0. The van der Waals surface area contributed by atoms with Crippen LogP contribution in [-0.4, -0.2) is 12.5 Å². The van der Waals surface area contributed by atoms with Crippen molar-refractivity contribution in [2.45, 2.75) is 44.1 Å². The van der Waals surface area contributed by atoms with E-state index in [1.54, 1.807) is 17.4 Å². The van der Waals surface area contributed by atoms with Crippen LogP contribution in [0, 0.1) is 0 Å². The summed E-state index contributed by atoms with van der Waals surface area (Å²) in [5.41, 5.74) is 2.33. The van der Waals surface area contributed by atoms with E-state index < -0.39 is 0 Å². The van der Waals surface area contributed by atoms with E-state index in [1.807, 2.05) is 17.5 Å². The second-order valence-corrected chi connectivity index (χ2v) is 9.53. The van der Waals surface area contributed by atoms with Crippen LogP contribution >= 0.6 is 22.9 Å². The van der Waals surface area contributed by atoms with Gasteiger partial charge in [-0.3, -0.25) is 4.79 Å². The molecule has 0 atom stereocenters. The predicted molar refractivity (Wildman–Crippen MR) is 122 cm³/mol. The molecule has 1 fully saturated rings. The van der Waals surface area contributed by atoms with Crippen LogP contribution in [0.4, 0.5) is 5.69 Å². The Bertz CT molecular complexity index is 1110. The standard InChI is InChI=1S/C23H24ClN3O2S/c1-14-26-20-17(24)12-15-13-18(22(28)25-10-7-16-6-5-11-30-16)29-21(15)19(20)23(27-14)8-3-2-4-9-23/h5-6,11-13,26-27H,1-4,7-10H2,(H,25,28). The van der Waals surface area contributed by atoms with Crippen molar-refractivity contribution in [2.75, 3.05) is 11.9 Å². The Morgan fingerprint density at radius 3 is 2.90 bits per heavy atom. The fourth-order valence-electron chi connectivity index (χ4n) is 4.75. The zero-order valence-corrected chi connectivity index (χ0v) is 18.2. The third kappa shape index (κ3) is 3.38. The lowest BCUT2D eigenvalue weighted by atomic mass is 9.74. The van der Waals surface area contributed by atoms with Gasteiger partial charge in [0.15, 0.2) is 5.76 Å². The van der Waals surface area contributed by atoms with Crippen molar-refractivity contribution in [3.05, 3.63) is 63.3 Å². The quantitative estimate of drug-likeness (QED) is 0.481. The van der Waals surface area contributed by atoms with Crippen molar-refractivity contribution in [1.82, 2.24) is 10.6 Å². The third-order valence-electron chi connectivity index (χ3n) is 6.07. The van der Waals surface area contributed by atoms with E-state index in [-0.39, 0.29) is 11.4 Å². The van der Waals surface area contributed by atoms with Gasteiger partial charge in [-0.15, -0.1) is 11.3 Å². The number of nitrogens with one attached hydrogen (secondary N) is 3. The SMILES string of the molecule is C=C1Nc2c(Cl)cc3cc(C(=O)NCCc4cccs4)oc3c2C2(CCCCC2)N1. The summed E-state index contributed by atoms with van der Waals surface area (Å²) < 4.78 is 6.16. The molecule has 0 unspecified atom stereocenters. The van der Waals surface area contributed by atoms with E-state index in [1.165, 1.54) is 11.3 Å². The summed E-state index contributed by atoms with van der Waals surface area (Å²) in [6.45, 7) is 4.67. The van der Waals surface area contributed by atoms with Crippen LogP contribution in [-0.2, 0) is 12.0 Å². The number of amides is 1. The fourth-order valence-corrected chi connectivity index (χ4v) is 5.71. The number of carbonyl (C=O) groups excluding carboxylic acids is 1. The number of hydrogen-bond donors (Lipinski definition) is 3. The van der Waals surface area contributed by atoms with Crippen LogP contribution in [0.1, 0.15) is 53.1 Å². The Morgan fingerprint density at radius 2 is 2.13 bits per heavy atom. The molecule has 30 heavy (non-hydrogen) atoms. The zero-order chi connectivity index (χ0) is 20.7. The number of anilines is 1. The van der Waals surface area contributed by atoms with E-state index in [0.29, 0.717) is 17.3 Å². The highest BCUT2D eigenvalue weighted by atomic mass is 35.5. The Kier molecular flexibility index (Phi) is 4.99. The number of benzene rings is 1. The summed E-state index contributed by atoms with van der Waals surface area (Å²) in [6.07, 6.45) is 6.26. The van der Waals surface area contributed by atoms with E-state index >= 15 is 0 Å². The van der Waals surface area contributed by atoms with E-state index in [4.69, 9.17) is 16.0 Å². The maximum atomic E-state index is 12.7. The molecule has 5 rings (SSSR count). The third-order valence-corrected chi connectivity index (χ3v) is 7.31. The molecular weight excluding hydrogens is 418 g/mol. The van der Waals surface area contributed by atoms with Crippen molar-refractivity contribution in [3.63, 3.8) is 0 Å². The number of rotatable bonds is 4. The smallest absolute Gasteiger partial charge is 0.287 e. The topological polar surface area (TPSA) is 66.3 Å². The highest BCUT2D eigenvalue weighted by molar-refractivity contribution is 7.09. The Morgan fingerprint density at radius 1 is 1.30 bits per heavy atom. The first-order valence-corrected chi connectivity index (χ1v) is 11.6. The molecule has 1 aliphatic carbocycles. The summed E-state index contributed by atoms with van der Waals surface area (Å²) in [6, 6.07) is 7.75. The summed E-state index contributed by atoms with van der Waals surface area (Å²) in [5.74, 6) is 0.867. The van der Waals surface area contributed by atoms with Crippen LogP contribution in [0.2, 0.25) is 5.02 Å². The van der Waals surface area contributed by atoms with E-state index in [2.05, 4.69) is 28.6 Å². The normalized spacial score (nSPS) is 17.4. The average Bonchev–Trinajstić information content (AvgIpc) is 3.38. The zero-order valence-electron chi connectivity index (χ0n) is 16.6. The molecule has 2 aliphatic rings. The molecule has 1 spiro atoms. The minimum Gasteiger partial charge on any atom is -0.450 e. The molecule has 1 saturated carbocycles. The lowest BCUT2D eigenvalue weighted by Crippen LogP contribution is -2.48. The molecule has 3 N–H and O–H groups in total. The van der Waals surface area contributed by atoms with E-state index in [9.17, 15) is 4.79 Å². The molecule has 2 aromatic heterocycles. The number of fused-ring (bicyclic) bond motifs is 4. The maximum absolute atomic E-state index is 12.7. The van der Waals surface area contributed by atoms with E-state index in [0.717, 1.165) is 60.1 Å². The van der Waals surface area contributed by atoms with Crippen LogP contribution in [0.3, 0.4) is 0 Å². The molecule has 0 bridgehead atoms. The van der Waals surface area contributed by atoms with Gasteiger partial charge in [0.05, 0.1) is 22.1 Å². The minimum atomic E-state index is -0.260. The second kappa shape index (κ2) is 7.67. The maximum Gasteiger partial charge on any atom is 0.287 e. The molecular formula is C23H24ClN3O2S. The van der Waals surface area contributed by atoms with Gasteiger partial charge in [-0.2, -0.15) is 0 Å². The van der Waals surface area contributed by atoms with Crippen molar-refractivity contribution in [1.29, 1.82) is 0 Å². The largest absolute Gasteiger partial charge is 0.450 e. The number of thiophene rings is 1. The summed E-state index contributed by atoms with van der Waals surface area (Å²) >= 11 is 8.34. The van der Waals surface area contributed by atoms with Crippen molar-refractivity contribution in [2.24, 2.45) is 0 Å². The van der Waals surface area contributed by atoms with Gasteiger partial charge >= 0.3 is 0 Å². The first kappa shape index (κ1) is 19.5. The van der Waals surface area contributed by atoms with Gasteiger partial charge in [0.2, 0.25) is 0 Å². The van der Waals surface area contributed by atoms with Crippen LogP contribution in [0.25, 0.3) is 11.0 Å². The highest BCUT2D eigenvalue weighted by Gasteiger charge is 2.42. The molecule has 3 aromatic rings. The predicted octanol–water partition coefficient (Wildman–Crippen LogP) is 5.77. The Labute approximate surface area is 184 Å². The van der Waals surface area contributed by atoms with Crippen molar-refractivity contribution in [3.8, 4) is 0 Å². The first-order chi connectivity index (χ1) is 14.6. The van der Waals surface area contributed by atoms with Gasteiger partial charge in [-0.1, -0.05) is 43.5 Å². The first-order valence-electron chi connectivity index (χ1n) is 10.4. The number of hydrogen-bond acceptors (Lipinski definition) is 5. The van der Waals surface area contributed by atoms with Crippen LogP contribution < -0.4 is 16.0 Å². The Balaban J connectivity index is 1.49. The lowest BCUT2D eigenvalue weighted by molar-refractivity contribution is 0.0928. The lowest BCUT2D eigenvalue weighted by Gasteiger charge is -2.44. The molecule has 0 radical (unpaired) electrons. The number of halogens is 1. The van der Waals surface area contributed by atoms with Gasteiger partial charge in [0.1, 0.15) is 5.58 Å². The summed E-state index contributed by atoms with van der Waals surface area (Å²) in [5, 5.41) is 13.3. The molecule has 1 aliphatic heterocycles. The monoisotopic (exact) mass is 441 g/mol. The average molecular weight is 442 g/mol. The van der Waals surface area contributed by atoms with Gasteiger partial charge in [0, 0.05) is 22.4 Å². The number of furan rings is 1. The van der Waals surface area contributed by atoms with Crippen molar-refractivity contribution < 1.29 is 9.21 Å². The summed E-state index contributed by atoms with van der Waals surface area (Å²) in [4.78, 5) is 14.0. The molecule has 5 nitrogen and oxygen atoms in total. The molecule has 1 aromatic carbocycles. The van der Waals surface area contributed by atoms with Crippen molar-refractivity contribution >= 4 is 45.5 Å². The minimum absolute atomic E-state index is 0.202. The molecule has 1 amide bonds. The Hall–Kier alpha value is -2.44. The van der Waals surface area contributed by atoms with Gasteiger partial charge < -0.3 is 20.4 Å². The van der Waals surface area contributed by atoms with Gasteiger partial charge in [0.25, 0.3) is 5.91 Å².